The number of hydrogen-bond acceptors (Lipinski definition) is 9. The monoisotopic (exact) mass is 322 g/mol. The molecule has 0 aliphatic carbocycles. The summed E-state index contributed by atoms with van der Waals surface area (Å²) in [5.41, 5.74) is 0. The van der Waals surface area contributed by atoms with E-state index in [1.165, 1.54) is 6.08 Å². The molecule has 0 aromatic carbocycles. The highest BCUT2D eigenvalue weighted by atomic mass is 16.7. The summed E-state index contributed by atoms with van der Waals surface area (Å²) < 4.78 is 15.9. The van der Waals surface area contributed by atoms with Crippen LogP contribution in [0.3, 0.4) is 0 Å². The fraction of sp³-hybridized carbons (Fsp3) is 0.846. The minimum Gasteiger partial charge on any atom is -0.464 e. The number of aliphatic hydroxyl groups is 6. The van der Waals surface area contributed by atoms with E-state index >= 15 is 0 Å². The topological polar surface area (TPSA) is 149 Å². The Kier molecular flexibility index (Phi) is 5.75. The van der Waals surface area contributed by atoms with E-state index in [1.807, 2.05) is 0 Å². The first kappa shape index (κ1) is 17.6. The predicted molar refractivity (Wildman–Crippen MR) is 70.4 cm³/mol. The van der Waals surface area contributed by atoms with Crippen molar-refractivity contribution < 1.29 is 44.8 Å². The van der Waals surface area contributed by atoms with E-state index in [9.17, 15) is 20.4 Å². The Labute approximate surface area is 127 Å². The van der Waals surface area contributed by atoms with Gasteiger partial charge in [-0.2, -0.15) is 0 Å². The molecule has 9 nitrogen and oxygen atoms in total. The zero-order valence-corrected chi connectivity index (χ0v) is 12.0. The molecule has 0 amide bonds. The van der Waals surface area contributed by atoms with Gasteiger partial charge in [-0.25, -0.2) is 0 Å². The van der Waals surface area contributed by atoms with Gasteiger partial charge in [0.1, 0.15) is 42.4 Å². The van der Waals surface area contributed by atoms with Gasteiger partial charge in [-0.05, 0) is 13.0 Å². The molecule has 0 saturated carbocycles. The van der Waals surface area contributed by atoms with Crippen molar-refractivity contribution in [2.24, 2.45) is 0 Å². The van der Waals surface area contributed by atoms with Crippen LogP contribution in [0.25, 0.3) is 0 Å². The molecular weight excluding hydrogens is 300 g/mol. The van der Waals surface area contributed by atoms with E-state index in [0.29, 0.717) is 0 Å². The molecule has 0 bridgehead atoms. The number of rotatable bonds is 4. The van der Waals surface area contributed by atoms with Crippen LogP contribution in [-0.2, 0) is 14.2 Å². The third kappa shape index (κ3) is 3.42. The SMILES string of the molecule is C[C@@H]1OC(CO)C=C(O[C@@H]2OC(CO)[C@@H](O)[C@H](O)C2O)C1O. The standard InChI is InChI=1S/C13H22O9/c1-5-9(16)7(2-6(3-14)20-5)21-13-12(19)11(18)10(17)8(4-15)22-13/h2,5-6,8-19H,3-4H2,1H3/t5-,6?,8?,9?,10+,11-,12?,13+/m0/s1. The van der Waals surface area contributed by atoms with Gasteiger partial charge >= 0.3 is 0 Å². The lowest BCUT2D eigenvalue weighted by Gasteiger charge is -2.41. The van der Waals surface area contributed by atoms with Crippen molar-refractivity contribution >= 4 is 0 Å². The Morgan fingerprint density at radius 1 is 1.00 bits per heavy atom. The first-order valence-electron chi connectivity index (χ1n) is 7.02. The molecule has 22 heavy (non-hydrogen) atoms. The van der Waals surface area contributed by atoms with Crippen molar-refractivity contribution in [2.75, 3.05) is 13.2 Å². The molecule has 0 spiro atoms. The van der Waals surface area contributed by atoms with E-state index in [1.54, 1.807) is 6.92 Å². The molecule has 4 unspecified atom stereocenters. The average Bonchev–Trinajstić information content (AvgIpc) is 2.51. The van der Waals surface area contributed by atoms with Crippen molar-refractivity contribution in [1.82, 2.24) is 0 Å². The van der Waals surface area contributed by atoms with Crippen molar-refractivity contribution in [3.05, 3.63) is 11.8 Å². The van der Waals surface area contributed by atoms with Crippen molar-refractivity contribution in [2.45, 2.75) is 55.9 Å². The summed E-state index contributed by atoms with van der Waals surface area (Å²) in [6, 6.07) is 0. The first-order chi connectivity index (χ1) is 10.4. The lowest BCUT2D eigenvalue weighted by atomic mass is 9.99. The Morgan fingerprint density at radius 2 is 1.68 bits per heavy atom. The first-order valence-corrected chi connectivity index (χ1v) is 7.02. The lowest BCUT2D eigenvalue weighted by Crippen LogP contribution is -2.59. The summed E-state index contributed by atoms with van der Waals surface area (Å²) in [5, 5.41) is 57.5. The second-order valence-electron chi connectivity index (χ2n) is 5.39. The predicted octanol–water partition coefficient (Wildman–Crippen LogP) is -3.17. The highest BCUT2D eigenvalue weighted by Crippen LogP contribution is 2.27. The van der Waals surface area contributed by atoms with E-state index in [4.69, 9.17) is 24.4 Å². The van der Waals surface area contributed by atoms with Gasteiger partial charge < -0.3 is 44.8 Å². The van der Waals surface area contributed by atoms with Crippen LogP contribution in [0.4, 0.5) is 0 Å². The highest BCUT2D eigenvalue weighted by Gasteiger charge is 2.45. The van der Waals surface area contributed by atoms with Crippen LogP contribution in [-0.4, -0.2) is 92.9 Å². The maximum Gasteiger partial charge on any atom is 0.228 e. The summed E-state index contributed by atoms with van der Waals surface area (Å²) in [6.07, 6.45) is -8.26. The molecule has 1 fully saturated rings. The molecule has 2 heterocycles. The zero-order chi connectivity index (χ0) is 16.4. The summed E-state index contributed by atoms with van der Waals surface area (Å²) in [7, 11) is 0. The van der Waals surface area contributed by atoms with Crippen LogP contribution in [0.1, 0.15) is 6.92 Å². The largest absolute Gasteiger partial charge is 0.464 e. The molecule has 0 aromatic rings. The quantitative estimate of drug-likeness (QED) is 0.315. The molecule has 0 radical (unpaired) electrons. The van der Waals surface area contributed by atoms with Crippen LogP contribution < -0.4 is 0 Å². The molecule has 8 atom stereocenters. The Bertz CT molecular complexity index is 399. The minimum absolute atomic E-state index is 0.0159. The zero-order valence-electron chi connectivity index (χ0n) is 12.0. The van der Waals surface area contributed by atoms with E-state index < -0.39 is 55.6 Å². The van der Waals surface area contributed by atoms with Gasteiger partial charge in [-0.1, -0.05) is 0 Å². The lowest BCUT2D eigenvalue weighted by molar-refractivity contribution is -0.296. The molecule has 0 aromatic heterocycles. The smallest absolute Gasteiger partial charge is 0.228 e. The summed E-state index contributed by atoms with van der Waals surface area (Å²) in [5.74, 6) is 0.0159. The van der Waals surface area contributed by atoms with Crippen molar-refractivity contribution in [3.63, 3.8) is 0 Å². The normalized spacial score (nSPS) is 46.2. The molecule has 1 saturated heterocycles. The van der Waals surface area contributed by atoms with Gasteiger partial charge in [0.15, 0.2) is 0 Å². The van der Waals surface area contributed by atoms with Crippen LogP contribution >= 0.6 is 0 Å². The minimum atomic E-state index is -1.57. The molecule has 2 rings (SSSR count). The number of aliphatic hydroxyl groups excluding tert-OH is 6. The molecule has 128 valence electrons. The van der Waals surface area contributed by atoms with Crippen LogP contribution in [0.15, 0.2) is 11.8 Å². The van der Waals surface area contributed by atoms with Crippen LogP contribution in [0, 0.1) is 0 Å². The maximum absolute atomic E-state index is 10.0. The summed E-state index contributed by atoms with van der Waals surface area (Å²) in [6.45, 7) is 0.681. The van der Waals surface area contributed by atoms with Gasteiger partial charge in [0.2, 0.25) is 6.29 Å². The maximum atomic E-state index is 10.0. The van der Waals surface area contributed by atoms with Gasteiger partial charge in [-0.3, -0.25) is 0 Å². The Morgan fingerprint density at radius 3 is 2.27 bits per heavy atom. The number of hydrogen-bond donors (Lipinski definition) is 6. The van der Waals surface area contributed by atoms with Gasteiger partial charge in [0, 0.05) is 0 Å². The fourth-order valence-electron chi connectivity index (χ4n) is 2.41. The van der Waals surface area contributed by atoms with Gasteiger partial charge in [0.05, 0.1) is 19.3 Å². The van der Waals surface area contributed by atoms with Crippen LogP contribution in [0.2, 0.25) is 0 Å². The average molecular weight is 322 g/mol. The van der Waals surface area contributed by atoms with Gasteiger partial charge in [-0.15, -0.1) is 0 Å². The molecule has 9 heteroatoms. The van der Waals surface area contributed by atoms with E-state index in [-0.39, 0.29) is 12.4 Å². The van der Waals surface area contributed by atoms with Crippen molar-refractivity contribution in [3.8, 4) is 0 Å². The number of ether oxygens (including phenoxy) is 3. The molecule has 2 aliphatic rings. The second-order valence-corrected chi connectivity index (χ2v) is 5.39. The van der Waals surface area contributed by atoms with Crippen molar-refractivity contribution in [1.29, 1.82) is 0 Å². The van der Waals surface area contributed by atoms with Gasteiger partial charge in [0.25, 0.3) is 0 Å². The fourth-order valence-corrected chi connectivity index (χ4v) is 2.41. The van der Waals surface area contributed by atoms with E-state index in [0.717, 1.165) is 0 Å². The van der Waals surface area contributed by atoms with E-state index in [2.05, 4.69) is 0 Å². The third-order valence-corrected chi connectivity index (χ3v) is 3.76. The summed E-state index contributed by atoms with van der Waals surface area (Å²) >= 11 is 0. The highest BCUT2D eigenvalue weighted by molar-refractivity contribution is 5.10. The third-order valence-electron chi connectivity index (χ3n) is 3.76. The molecule has 6 N–H and O–H groups in total. The van der Waals surface area contributed by atoms with Crippen LogP contribution in [0.5, 0.6) is 0 Å². The molecular formula is C13H22O9. The second kappa shape index (κ2) is 7.20. The Hall–Kier alpha value is -0.780. The Balaban J connectivity index is 2.12. The molecule has 2 aliphatic heterocycles. The summed E-state index contributed by atoms with van der Waals surface area (Å²) in [4.78, 5) is 0.